The summed E-state index contributed by atoms with van der Waals surface area (Å²) in [5.41, 5.74) is 0. The molecule has 0 aromatic carbocycles. The fourth-order valence-electron chi connectivity index (χ4n) is 0.611. The van der Waals surface area contributed by atoms with Crippen molar-refractivity contribution in [1.29, 1.82) is 0 Å². The molecule has 50 valence electrons. The monoisotopic (exact) mass is 160 g/mol. The highest BCUT2D eigenvalue weighted by atomic mass is 32.2. The molecule has 1 rings (SSSR count). The smallest absolute Gasteiger partial charge is 0.0570 e. The molecule has 3 heteroatoms. The van der Waals surface area contributed by atoms with Crippen LogP contribution < -0.4 is 0 Å². The molecule has 0 aliphatic rings. The highest BCUT2D eigenvalue weighted by Gasteiger charge is 1.93. The van der Waals surface area contributed by atoms with Gasteiger partial charge in [-0.05, 0) is 12.1 Å². The Morgan fingerprint density at radius 1 is 1.56 bits per heavy atom. The summed E-state index contributed by atoms with van der Waals surface area (Å²) in [6.45, 7) is 0.230. The molecule has 0 amide bonds. The lowest BCUT2D eigenvalue weighted by atomic mass is 10.4. The van der Waals surface area contributed by atoms with Crippen LogP contribution in [0.1, 0.15) is 4.88 Å². The molecule has 0 fully saturated rings. The van der Waals surface area contributed by atoms with Crippen LogP contribution in [0.3, 0.4) is 0 Å². The van der Waals surface area contributed by atoms with Gasteiger partial charge in [-0.25, -0.2) is 0 Å². The number of thiophene rings is 1. The van der Waals surface area contributed by atoms with E-state index < -0.39 is 0 Å². The van der Waals surface area contributed by atoms with E-state index in [0.717, 1.165) is 10.6 Å². The van der Waals surface area contributed by atoms with Gasteiger partial charge in [-0.1, -0.05) is 0 Å². The normalized spacial score (nSPS) is 10.0. The average Bonchev–Trinajstić information content (AvgIpc) is 2.17. The van der Waals surface area contributed by atoms with Crippen molar-refractivity contribution >= 4 is 24.0 Å². The van der Waals surface area contributed by atoms with Crippen molar-refractivity contribution in [3.05, 3.63) is 17.0 Å². The van der Waals surface area contributed by atoms with Crippen LogP contribution in [-0.4, -0.2) is 11.7 Å². The number of aliphatic hydroxyl groups is 1. The van der Waals surface area contributed by atoms with E-state index in [0.29, 0.717) is 0 Å². The van der Waals surface area contributed by atoms with E-state index in [9.17, 15) is 0 Å². The first-order valence-electron chi connectivity index (χ1n) is 2.71. The number of thiol groups is 1. The summed E-state index contributed by atoms with van der Waals surface area (Å²) >= 11 is 5.75. The molecular formula is C6H8OS2. The third-order valence-electron chi connectivity index (χ3n) is 1.01. The van der Waals surface area contributed by atoms with Crippen LogP contribution >= 0.6 is 24.0 Å². The summed E-state index contributed by atoms with van der Waals surface area (Å²) in [4.78, 5) is 1.20. The van der Waals surface area contributed by atoms with Gasteiger partial charge in [-0.15, -0.1) is 24.0 Å². The Hall–Kier alpha value is 0.01000. The molecular weight excluding hydrogens is 152 g/mol. The van der Waals surface area contributed by atoms with Crippen LogP contribution in [0.4, 0.5) is 0 Å². The molecule has 0 aliphatic heterocycles. The first-order valence-corrected chi connectivity index (χ1v) is 3.98. The van der Waals surface area contributed by atoms with Crippen molar-refractivity contribution < 1.29 is 5.11 Å². The molecule has 0 atom stereocenters. The van der Waals surface area contributed by atoms with Gasteiger partial charge in [0.2, 0.25) is 0 Å². The largest absolute Gasteiger partial charge is 0.396 e. The zero-order valence-electron chi connectivity index (χ0n) is 4.87. The van der Waals surface area contributed by atoms with Crippen molar-refractivity contribution in [2.45, 2.75) is 10.6 Å². The lowest BCUT2D eigenvalue weighted by Gasteiger charge is -1.86. The molecule has 1 aromatic heterocycles. The van der Waals surface area contributed by atoms with Crippen molar-refractivity contribution in [2.75, 3.05) is 6.61 Å². The van der Waals surface area contributed by atoms with Gasteiger partial charge in [-0.3, -0.25) is 0 Å². The van der Waals surface area contributed by atoms with Gasteiger partial charge in [-0.2, -0.15) is 0 Å². The molecule has 1 heterocycles. The molecule has 1 aromatic rings. The molecule has 0 saturated carbocycles. The molecule has 0 radical (unpaired) electrons. The standard InChI is InChI=1S/C6H8OS2/c7-4-3-5-1-2-6(8)9-5/h1-2,7-8H,3-4H2. The Kier molecular flexibility index (Phi) is 2.57. The van der Waals surface area contributed by atoms with Gasteiger partial charge < -0.3 is 5.11 Å². The van der Waals surface area contributed by atoms with E-state index in [-0.39, 0.29) is 6.61 Å². The maximum atomic E-state index is 8.51. The SMILES string of the molecule is OCCc1ccc(S)s1. The lowest BCUT2D eigenvalue weighted by Crippen LogP contribution is -1.84. The Balaban J connectivity index is 2.61. The maximum Gasteiger partial charge on any atom is 0.0570 e. The van der Waals surface area contributed by atoms with E-state index in [4.69, 9.17) is 5.11 Å². The predicted octanol–water partition coefficient (Wildman–Crippen LogP) is 1.57. The first kappa shape index (κ1) is 7.12. The van der Waals surface area contributed by atoms with Crippen molar-refractivity contribution in [2.24, 2.45) is 0 Å². The van der Waals surface area contributed by atoms with E-state index in [2.05, 4.69) is 12.6 Å². The van der Waals surface area contributed by atoms with Crippen molar-refractivity contribution in [3.8, 4) is 0 Å². The summed E-state index contributed by atoms with van der Waals surface area (Å²) < 4.78 is 1.01. The van der Waals surface area contributed by atoms with Crippen LogP contribution in [0, 0.1) is 0 Å². The zero-order chi connectivity index (χ0) is 6.69. The minimum absolute atomic E-state index is 0.230. The second kappa shape index (κ2) is 3.25. The van der Waals surface area contributed by atoms with E-state index in [1.165, 1.54) is 4.88 Å². The number of hydrogen-bond acceptors (Lipinski definition) is 3. The third kappa shape index (κ3) is 2.01. The molecule has 1 N–H and O–H groups in total. The van der Waals surface area contributed by atoms with Gasteiger partial charge in [0.05, 0.1) is 4.21 Å². The van der Waals surface area contributed by atoms with Gasteiger partial charge in [0.25, 0.3) is 0 Å². The fourth-order valence-corrected chi connectivity index (χ4v) is 1.77. The molecule has 0 saturated heterocycles. The minimum Gasteiger partial charge on any atom is -0.396 e. The predicted molar refractivity (Wildman–Crippen MR) is 42.4 cm³/mol. The minimum atomic E-state index is 0.230. The van der Waals surface area contributed by atoms with Crippen molar-refractivity contribution in [3.63, 3.8) is 0 Å². The summed E-state index contributed by atoms with van der Waals surface area (Å²) in [6, 6.07) is 3.93. The second-order valence-corrected chi connectivity index (χ2v) is 3.67. The van der Waals surface area contributed by atoms with E-state index in [1.807, 2.05) is 12.1 Å². The zero-order valence-corrected chi connectivity index (χ0v) is 6.58. The Bertz CT molecular complexity index is 183. The Labute approximate surface area is 63.8 Å². The highest BCUT2D eigenvalue weighted by Crippen LogP contribution is 2.19. The molecule has 9 heavy (non-hydrogen) atoms. The number of rotatable bonds is 2. The second-order valence-electron chi connectivity index (χ2n) is 1.71. The number of hydrogen-bond donors (Lipinski definition) is 2. The van der Waals surface area contributed by atoms with Crippen LogP contribution in [0.25, 0.3) is 0 Å². The van der Waals surface area contributed by atoms with E-state index in [1.54, 1.807) is 11.3 Å². The van der Waals surface area contributed by atoms with Gasteiger partial charge in [0, 0.05) is 17.9 Å². The summed E-state index contributed by atoms with van der Waals surface area (Å²) in [5.74, 6) is 0. The van der Waals surface area contributed by atoms with Gasteiger partial charge >= 0.3 is 0 Å². The van der Waals surface area contributed by atoms with Gasteiger partial charge in [0.1, 0.15) is 0 Å². The molecule has 0 spiro atoms. The average molecular weight is 160 g/mol. The van der Waals surface area contributed by atoms with Crippen molar-refractivity contribution in [1.82, 2.24) is 0 Å². The molecule has 0 bridgehead atoms. The first-order chi connectivity index (χ1) is 4.33. The quantitative estimate of drug-likeness (QED) is 0.629. The maximum absolute atomic E-state index is 8.51. The molecule has 1 nitrogen and oxygen atoms in total. The summed E-state index contributed by atoms with van der Waals surface area (Å²) in [5, 5.41) is 8.51. The topological polar surface area (TPSA) is 20.2 Å². The fraction of sp³-hybridized carbons (Fsp3) is 0.333. The van der Waals surface area contributed by atoms with Crippen LogP contribution in [0.2, 0.25) is 0 Å². The van der Waals surface area contributed by atoms with E-state index >= 15 is 0 Å². The lowest BCUT2D eigenvalue weighted by molar-refractivity contribution is 0.300. The van der Waals surface area contributed by atoms with Gasteiger partial charge in [0.15, 0.2) is 0 Å². The Morgan fingerprint density at radius 2 is 2.33 bits per heavy atom. The third-order valence-corrected chi connectivity index (χ3v) is 2.38. The van der Waals surface area contributed by atoms with Crippen LogP contribution in [0.15, 0.2) is 16.3 Å². The van der Waals surface area contributed by atoms with Crippen LogP contribution in [0.5, 0.6) is 0 Å². The number of aliphatic hydroxyl groups excluding tert-OH is 1. The van der Waals surface area contributed by atoms with Crippen LogP contribution in [-0.2, 0) is 6.42 Å². The molecule has 0 aliphatic carbocycles. The summed E-state index contributed by atoms with van der Waals surface area (Å²) in [7, 11) is 0. The Morgan fingerprint density at radius 3 is 2.78 bits per heavy atom. The molecule has 0 unspecified atom stereocenters. The summed E-state index contributed by atoms with van der Waals surface area (Å²) in [6.07, 6.45) is 0.755. The highest BCUT2D eigenvalue weighted by molar-refractivity contribution is 7.82.